The molecule has 0 N–H and O–H groups in total. The Morgan fingerprint density at radius 3 is 2.27 bits per heavy atom. The van der Waals surface area contributed by atoms with Gasteiger partial charge in [-0.15, -0.1) is 5.39 Å². The predicted molar refractivity (Wildman–Crippen MR) is 104 cm³/mol. The Labute approximate surface area is 165 Å². The molecule has 0 aliphatic rings. The van der Waals surface area contributed by atoms with Gasteiger partial charge in [0.2, 0.25) is 0 Å². The van der Waals surface area contributed by atoms with E-state index in [9.17, 15) is 0 Å². The molecule has 0 spiro atoms. The molecule has 0 saturated carbocycles. The number of rotatable bonds is 1. The van der Waals surface area contributed by atoms with Crippen LogP contribution in [-0.4, -0.2) is 9.61 Å². The maximum Gasteiger partial charge on any atom is 0.0790 e. The summed E-state index contributed by atoms with van der Waals surface area (Å²) >= 11 is 0. The molecule has 1 radical (unpaired) electrons. The van der Waals surface area contributed by atoms with Crippen LogP contribution >= 0.6 is 0 Å². The molecule has 0 amide bonds. The van der Waals surface area contributed by atoms with Gasteiger partial charge in [0.1, 0.15) is 0 Å². The molecule has 3 aromatic carbocycles. The van der Waals surface area contributed by atoms with Gasteiger partial charge in [0.05, 0.1) is 11.7 Å². The van der Waals surface area contributed by atoms with E-state index in [1.54, 1.807) is 0 Å². The Morgan fingerprint density at radius 1 is 0.808 bits per heavy atom. The van der Waals surface area contributed by atoms with Gasteiger partial charge in [0, 0.05) is 25.7 Å². The quantitative estimate of drug-likeness (QED) is 0.207. The SMILES string of the molecule is Cc1cccc(C)c1-c1cnn2c3[c-]cccc3c3ccccc3c12.[Ir]. The molecule has 5 aromatic rings. The number of hydrogen-bond acceptors (Lipinski definition) is 1. The summed E-state index contributed by atoms with van der Waals surface area (Å²) in [6.45, 7) is 4.34. The summed E-state index contributed by atoms with van der Waals surface area (Å²) in [7, 11) is 0. The molecule has 0 unspecified atom stereocenters. The van der Waals surface area contributed by atoms with Crippen LogP contribution in [0.3, 0.4) is 0 Å². The standard InChI is InChI=1S/C23H17N2.Ir/c1-15-8-7-9-16(2)22(15)20-14-24-25-21-13-6-5-11-18(21)17-10-3-4-12-19(17)23(20)25;/h3-12,14H,1-2H3;/q-1;. The molecule has 0 saturated heterocycles. The van der Waals surface area contributed by atoms with Gasteiger partial charge in [-0.2, -0.15) is 29.4 Å². The third-order valence-electron chi connectivity index (χ3n) is 5.04. The van der Waals surface area contributed by atoms with Crippen LogP contribution in [-0.2, 0) is 20.1 Å². The van der Waals surface area contributed by atoms with E-state index in [-0.39, 0.29) is 20.1 Å². The molecule has 129 valence electrons. The minimum Gasteiger partial charge on any atom is -0.257 e. The van der Waals surface area contributed by atoms with E-state index < -0.39 is 0 Å². The van der Waals surface area contributed by atoms with Crippen LogP contribution in [0.4, 0.5) is 0 Å². The number of nitrogens with zero attached hydrogens (tertiary/aromatic N) is 2. The molecule has 5 rings (SSSR count). The summed E-state index contributed by atoms with van der Waals surface area (Å²) < 4.78 is 2.04. The fraction of sp³-hybridized carbons (Fsp3) is 0.0870. The molecule has 0 atom stereocenters. The van der Waals surface area contributed by atoms with Crippen molar-refractivity contribution in [1.82, 2.24) is 9.61 Å². The van der Waals surface area contributed by atoms with Crippen LogP contribution in [0.15, 0.2) is 66.9 Å². The third-order valence-corrected chi connectivity index (χ3v) is 5.04. The first-order valence-electron chi connectivity index (χ1n) is 8.51. The molecule has 3 heteroatoms. The number of aryl methyl sites for hydroxylation is 2. The molecule has 0 bridgehead atoms. The maximum atomic E-state index is 4.74. The van der Waals surface area contributed by atoms with Crippen molar-refractivity contribution in [2.75, 3.05) is 0 Å². The number of hydrogen-bond donors (Lipinski definition) is 0. The first-order chi connectivity index (χ1) is 12.3. The number of pyridine rings is 1. The zero-order chi connectivity index (χ0) is 17.0. The Hall–Kier alpha value is -2.48. The van der Waals surface area contributed by atoms with E-state index in [2.05, 4.69) is 68.4 Å². The molecular weight excluding hydrogens is 496 g/mol. The Kier molecular flexibility index (Phi) is 4.14. The van der Waals surface area contributed by atoms with Gasteiger partial charge in [-0.25, -0.2) is 0 Å². The van der Waals surface area contributed by atoms with Gasteiger partial charge >= 0.3 is 0 Å². The Balaban J connectivity index is 0.00000168. The average molecular weight is 514 g/mol. The van der Waals surface area contributed by atoms with E-state index in [1.165, 1.54) is 38.4 Å². The normalized spacial score (nSPS) is 11.2. The van der Waals surface area contributed by atoms with E-state index in [0.29, 0.717) is 0 Å². The van der Waals surface area contributed by atoms with Crippen molar-refractivity contribution < 1.29 is 20.1 Å². The van der Waals surface area contributed by atoms with Crippen LogP contribution in [0.2, 0.25) is 0 Å². The number of para-hydroxylation sites is 1. The van der Waals surface area contributed by atoms with Crippen LogP contribution in [0, 0.1) is 19.9 Å². The summed E-state index contributed by atoms with van der Waals surface area (Å²) in [5.74, 6) is 0. The van der Waals surface area contributed by atoms with Crippen LogP contribution in [0.5, 0.6) is 0 Å². The minimum atomic E-state index is 0. The van der Waals surface area contributed by atoms with Crippen molar-refractivity contribution >= 4 is 27.2 Å². The first-order valence-corrected chi connectivity index (χ1v) is 8.51. The predicted octanol–water partition coefficient (Wildman–Crippen LogP) is 5.72. The second kappa shape index (κ2) is 6.35. The molecular formula is C23H17IrN2-. The average Bonchev–Trinajstić information content (AvgIpc) is 3.07. The van der Waals surface area contributed by atoms with E-state index >= 15 is 0 Å². The van der Waals surface area contributed by atoms with Gasteiger partial charge < -0.3 is 0 Å². The Morgan fingerprint density at radius 2 is 1.50 bits per heavy atom. The second-order valence-corrected chi connectivity index (χ2v) is 6.56. The monoisotopic (exact) mass is 514 g/mol. The summed E-state index contributed by atoms with van der Waals surface area (Å²) in [5, 5.41) is 8.39. The molecule has 2 nitrogen and oxygen atoms in total. The molecule has 26 heavy (non-hydrogen) atoms. The molecule has 2 heterocycles. The number of aromatic nitrogens is 2. The smallest absolute Gasteiger partial charge is 0.0790 e. The van der Waals surface area contributed by atoms with E-state index in [0.717, 1.165) is 11.0 Å². The summed E-state index contributed by atoms with van der Waals surface area (Å²) in [4.78, 5) is 0. The van der Waals surface area contributed by atoms with Crippen molar-refractivity contribution in [2.24, 2.45) is 0 Å². The van der Waals surface area contributed by atoms with Gasteiger partial charge in [-0.3, -0.25) is 4.52 Å². The van der Waals surface area contributed by atoms with Gasteiger partial charge in [0.15, 0.2) is 0 Å². The van der Waals surface area contributed by atoms with Gasteiger partial charge in [-0.1, -0.05) is 47.9 Å². The van der Waals surface area contributed by atoms with Crippen LogP contribution < -0.4 is 0 Å². The van der Waals surface area contributed by atoms with Crippen molar-refractivity contribution in [3.05, 3.63) is 84.1 Å². The van der Waals surface area contributed by atoms with Crippen LogP contribution in [0.25, 0.3) is 38.3 Å². The first kappa shape index (κ1) is 17.0. The van der Waals surface area contributed by atoms with E-state index in [4.69, 9.17) is 5.10 Å². The van der Waals surface area contributed by atoms with Crippen molar-refractivity contribution in [3.8, 4) is 11.1 Å². The fourth-order valence-electron chi connectivity index (χ4n) is 3.94. The Bertz CT molecular complexity index is 1250. The fourth-order valence-corrected chi connectivity index (χ4v) is 3.94. The van der Waals surface area contributed by atoms with Crippen molar-refractivity contribution in [2.45, 2.75) is 13.8 Å². The van der Waals surface area contributed by atoms with Gasteiger partial charge in [-0.05, 0) is 41.4 Å². The summed E-state index contributed by atoms with van der Waals surface area (Å²) in [6.07, 6.45) is 2.00. The molecule has 2 aromatic heterocycles. The molecule has 0 fully saturated rings. The number of fused-ring (bicyclic) bond motifs is 6. The van der Waals surface area contributed by atoms with Crippen LogP contribution in [0.1, 0.15) is 11.1 Å². The maximum absolute atomic E-state index is 4.74. The zero-order valence-electron chi connectivity index (χ0n) is 14.6. The van der Waals surface area contributed by atoms with Gasteiger partial charge in [0.25, 0.3) is 0 Å². The molecule has 0 aliphatic carbocycles. The third kappa shape index (κ3) is 2.32. The van der Waals surface area contributed by atoms with Crippen molar-refractivity contribution in [1.29, 1.82) is 0 Å². The summed E-state index contributed by atoms with van der Waals surface area (Å²) in [6, 6.07) is 24.5. The summed E-state index contributed by atoms with van der Waals surface area (Å²) in [5.41, 5.74) is 7.19. The molecule has 0 aliphatic heterocycles. The minimum absolute atomic E-state index is 0. The zero-order valence-corrected chi connectivity index (χ0v) is 17.0. The second-order valence-electron chi connectivity index (χ2n) is 6.56. The van der Waals surface area contributed by atoms with Crippen molar-refractivity contribution in [3.63, 3.8) is 0 Å². The topological polar surface area (TPSA) is 17.3 Å². The number of benzene rings is 3. The van der Waals surface area contributed by atoms with E-state index in [1.807, 2.05) is 22.8 Å². The largest absolute Gasteiger partial charge is 0.257 e.